The maximum atomic E-state index is 14.6. The fourth-order valence-corrected chi connectivity index (χ4v) is 4.67. The number of hydrogen-bond acceptors (Lipinski definition) is 6. The van der Waals surface area contributed by atoms with Crippen molar-refractivity contribution in [1.29, 1.82) is 0 Å². The Balaban J connectivity index is 1.82. The van der Waals surface area contributed by atoms with Crippen LogP contribution in [-0.2, 0) is 7.05 Å². The van der Waals surface area contributed by atoms with Crippen LogP contribution in [0, 0.1) is 18.3 Å². The molecule has 8 nitrogen and oxygen atoms in total. The van der Waals surface area contributed by atoms with E-state index in [1.807, 2.05) is 11.9 Å². The van der Waals surface area contributed by atoms with E-state index in [1.165, 1.54) is 16.7 Å². The van der Waals surface area contributed by atoms with Crippen LogP contribution in [0.15, 0.2) is 47.3 Å². The lowest BCUT2D eigenvalue weighted by molar-refractivity contribution is 0.201. The molecule has 1 fully saturated rings. The quantitative estimate of drug-likeness (QED) is 0.486. The summed E-state index contributed by atoms with van der Waals surface area (Å²) in [6.45, 7) is 9.99. The number of aliphatic hydroxyl groups is 1. The third-order valence-electron chi connectivity index (χ3n) is 6.47. The maximum Gasteiger partial charge on any atom is 0.263 e. The van der Waals surface area contributed by atoms with Gasteiger partial charge in [-0.1, -0.05) is 24.3 Å². The number of benzene rings is 2. The molecule has 2 aromatic carbocycles. The minimum atomic E-state index is -0.660. The minimum Gasteiger partial charge on any atom is -0.491 e. The van der Waals surface area contributed by atoms with Gasteiger partial charge in [-0.15, -0.1) is 0 Å². The van der Waals surface area contributed by atoms with E-state index in [4.69, 9.17) is 21.4 Å². The van der Waals surface area contributed by atoms with Crippen LogP contribution in [0.5, 0.6) is 5.75 Å². The van der Waals surface area contributed by atoms with Crippen molar-refractivity contribution < 1.29 is 14.2 Å². The number of aliphatic hydroxyl groups excluding tert-OH is 1. The van der Waals surface area contributed by atoms with Crippen LogP contribution in [0.1, 0.15) is 6.42 Å². The predicted octanol–water partition coefficient (Wildman–Crippen LogP) is 3.56. The van der Waals surface area contributed by atoms with E-state index >= 15 is 0 Å². The van der Waals surface area contributed by atoms with Crippen molar-refractivity contribution in [3.05, 3.63) is 70.1 Å². The van der Waals surface area contributed by atoms with Crippen LogP contribution >= 0.6 is 0 Å². The second-order valence-electron chi connectivity index (χ2n) is 9.17. The van der Waals surface area contributed by atoms with E-state index < -0.39 is 5.82 Å². The van der Waals surface area contributed by atoms with Crippen molar-refractivity contribution >= 4 is 11.6 Å². The molecule has 0 saturated carbocycles. The van der Waals surface area contributed by atoms with Gasteiger partial charge in [-0.25, -0.2) is 14.2 Å². The van der Waals surface area contributed by atoms with Crippen molar-refractivity contribution in [2.45, 2.75) is 6.42 Å². The number of halogens is 1. The van der Waals surface area contributed by atoms with E-state index in [9.17, 15) is 9.18 Å². The number of anilines is 1. The highest BCUT2D eigenvalue weighted by Gasteiger charge is 2.25. The Kier molecular flexibility index (Phi) is 7.67. The summed E-state index contributed by atoms with van der Waals surface area (Å²) < 4.78 is 21.6. The van der Waals surface area contributed by atoms with Gasteiger partial charge in [0.25, 0.3) is 5.56 Å². The van der Waals surface area contributed by atoms with Crippen molar-refractivity contribution in [1.82, 2.24) is 14.5 Å². The second-order valence-corrected chi connectivity index (χ2v) is 9.17. The zero-order valence-corrected chi connectivity index (χ0v) is 20.7. The molecule has 2 heterocycles. The molecule has 3 aromatic rings. The second kappa shape index (κ2) is 10.9. The minimum absolute atomic E-state index is 0.0859. The van der Waals surface area contributed by atoms with Gasteiger partial charge in [0.15, 0.2) is 0 Å². The summed E-state index contributed by atoms with van der Waals surface area (Å²) in [5.41, 5.74) is 1.36. The normalized spacial score (nSPS) is 15.6. The predicted molar refractivity (Wildman–Crippen MR) is 138 cm³/mol. The Hall–Kier alpha value is -3.74. The number of rotatable bonds is 8. The van der Waals surface area contributed by atoms with E-state index in [0.717, 1.165) is 26.1 Å². The van der Waals surface area contributed by atoms with Gasteiger partial charge in [-0.05, 0) is 49.7 Å². The first-order valence-electron chi connectivity index (χ1n) is 11.8. The third kappa shape index (κ3) is 5.25. The van der Waals surface area contributed by atoms with Crippen molar-refractivity contribution in [2.24, 2.45) is 13.0 Å². The lowest BCUT2D eigenvalue weighted by atomic mass is 9.99. The smallest absolute Gasteiger partial charge is 0.263 e. The Morgan fingerprint density at radius 2 is 1.94 bits per heavy atom. The molecule has 1 atom stereocenters. The van der Waals surface area contributed by atoms with E-state index in [1.54, 1.807) is 37.4 Å². The summed E-state index contributed by atoms with van der Waals surface area (Å²) in [5, 5.41) is 8.99. The summed E-state index contributed by atoms with van der Waals surface area (Å²) in [4.78, 5) is 26.1. The molecule has 0 aliphatic carbocycles. The zero-order valence-electron chi connectivity index (χ0n) is 20.7. The molecular formula is C27H30FN5O3. The molecule has 1 aromatic heterocycles. The van der Waals surface area contributed by atoms with E-state index in [2.05, 4.69) is 16.8 Å². The fraction of sp³-hybridized carbons (Fsp3) is 0.370. The SMILES string of the molecule is [C-]#[N+]c1ccc(-c2nc(N(C)CC3CCN(C)C3)n(C)c(=O)c2-c2ccc(OCCO)cc2)cc1F. The van der Waals surface area contributed by atoms with Gasteiger partial charge in [0, 0.05) is 32.7 Å². The molecule has 9 heteroatoms. The number of aromatic nitrogens is 2. The molecule has 1 N–H and O–H groups in total. The molecule has 0 spiro atoms. The third-order valence-corrected chi connectivity index (χ3v) is 6.47. The molecular weight excluding hydrogens is 461 g/mol. The van der Waals surface area contributed by atoms with Crippen LogP contribution in [0.3, 0.4) is 0 Å². The molecule has 1 aliphatic heterocycles. The van der Waals surface area contributed by atoms with Crippen LogP contribution in [0.4, 0.5) is 16.0 Å². The Bertz CT molecular complexity index is 1330. The largest absolute Gasteiger partial charge is 0.491 e. The Morgan fingerprint density at radius 3 is 2.56 bits per heavy atom. The molecule has 0 radical (unpaired) electrons. The fourth-order valence-electron chi connectivity index (χ4n) is 4.67. The first-order valence-corrected chi connectivity index (χ1v) is 11.8. The van der Waals surface area contributed by atoms with Gasteiger partial charge in [-0.3, -0.25) is 9.36 Å². The van der Waals surface area contributed by atoms with Crippen molar-refractivity contribution in [3.63, 3.8) is 0 Å². The van der Waals surface area contributed by atoms with Gasteiger partial charge >= 0.3 is 0 Å². The van der Waals surface area contributed by atoms with Gasteiger partial charge in [0.05, 0.1) is 24.4 Å². The number of hydrogen-bond donors (Lipinski definition) is 1. The highest BCUT2D eigenvalue weighted by atomic mass is 19.1. The molecule has 1 unspecified atom stereocenters. The highest BCUT2D eigenvalue weighted by Crippen LogP contribution is 2.33. The average molecular weight is 492 g/mol. The maximum absolute atomic E-state index is 14.6. The zero-order chi connectivity index (χ0) is 25.8. The van der Waals surface area contributed by atoms with Crippen molar-refractivity contribution in [2.75, 3.05) is 51.8 Å². The lowest BCUT2D eigenvalue weighted by Crippen LogP contribution is -2.34. The molecule has 0 amide bonds. The van der Waals surface area contributed by atoms with Crippen LogP contribution in [0.25, 0.3) is 27.2 Å². The van der Waals surface area contributed by atoms with Gasteiger partial charge < -0.3 is 19.6 Å². The number of ether oxygens (including phenoxy) is 1. The standard InChI is InChI=1S/C27H30FN5O3/c1-29-23-10-7-20(15-22(23)28)25-24(19-5-8-21(9-6-19)36-14-13-34)26(35)33(4)27(30-25)32(3)17-18-11-12-31(2)16-18/h5-10,15,18,34H,11-14,16-17H2,2-4H3. The molecule has 36 heavy (non-hydrogen) atoms. The Labute approximate surface area is 210 Å². The monoisotopic (exact) mass is 491 g/mol. The molecule has 1 aliphatic rings. The first kappa shape index (κ1) is 25.4. The molecule has 0 bridgehead atoms. The molecule has 188 valence electrons. The summed E-state index contributed by atoms with van der Waals surface area (Å²) in [6.07, 6.45) is 1.08. The first-order chi connectivity index (χ1) is 17.3. The van der Waals surface area contributed by atoms with E-state index in [-0.39, 0.29) is 24.5 Å². The number of likely N-dealkylation sites (tertiary alicyclic amines) is 1. The average Bonchev–Trinajstić information content (AvgIpc) is 3.28. The molecule has 1 saturated heterocycles. The summed E-state index contributed by atoms with van der Waals surface area (Å²) >= 11 is 0. The number of nitrogens with zero attached hydrogens (tertiary/aromatic N) is 5. The summed E-state index contributed by atoms with van der Waals surface area (Å²) in [7, 11) is 5.71. The van der Waals surface area contributed by atoms with Crippen LogP contribution in [-0.4, -0.2) is 66.5 Å². The summed E-state index contributed by atoms with van der Waals surface area (Å²) in [6, 6.07) is 11.2. The lowest BCUT2D eigenvalue weighted by Gasteiger charge is -2.25. The van der Waals surface area contributed by atoms with E-state index in [0.29, 0.717) is 40.0 Å². The van der Waals surface area contributed by atoms with Gasteiger partial charge in [-0.2, -0.15) is 0 Å². The van der Waals surface area contributed by atoms with Crippen LogP contribution < -0.4 is 15.2 Å². The Morgan fingerprint density at radius 1 is 1.22 bits per heavy atom. The van der Waals surface area contributed by atoms with Crippen LogP contribution in [0.2, 0.25) is 0 Å². The van der Waals surface area contributed by atoms with Crippen molar-refractivity contribution in [3.8, 4) is 28.1 Å². The molecule has 4 rings (SSSR count). The summed E-state index contributed by atoms with van der Waals surface area (Å²) in [5.74, 6) is 0.852. The highest BCUT2D eigenvalue weighted by molar-refractivity contribution is 5.82. The topological polar surface area (TPSA) is 75.2 Å². The van der Waals surface area contributed by atoms with Gasteiger partial charge in [0.2, 0.25) is 11.6 Å². The van der Waals surface area contributed by atoms with Gasteiger partial charge in [0.1, 0.15) is 18.2 Å².